The number of rotatable bonds is 5. The monoisotopic (exact) mass is 438 g/mol. The fraction of sp³-hybridized carbons (Fsp3) is 0.200. The molecule has 0 aliphatic carbocycles. The van der Waals surface area contributed by atoms with E-state index in [0.717, 1.165) is 29.7 Å². The molecular weight excluding hydrogens is 416 g/mol. The van der Waals surface area contributed by atoms with Crippen LogP contribution in [0.2, 0.25) is 0 Å². The molecule has 8 nitrogen and oxygen atoms in total. The molecule has 1 aliphatic heterocycles. The van der Waals surface area contributed by atoms with Crippen molar-refractivity contribution in [3.63, 3.8) is 0 Å². The Kier molecular flexibility index (Phi) is 5.97. The number of amides is 1. The summed E-state index contributed by atoms with van der Waals surface area (Å²) in [6.45, 7) is 1.27. The second kappa shape index (κ2) is 9.52. The van der Waals surface area contributed by atoms with Crippen molar-refractivity contribution in [2.24, 2.45) is 0 Å². The molecule has 33 heavy (non-hydrogen) atoms. The number of aromatic nitrogens is 5. The summed E-state index contributed by atoms with van der Waals surface area (Å²) in [5.74, 6) is 1.20. The third kappa shape index (κ3) is 4.85. The minimum atomic E-state index is -0.0458. The van der Waals surface area contributed by atoms with Gasteiger partial charge in [-0.2, -0.15) is 0 Å². The molecule has 0 spiro atoms. The Morgan fingerprint density at radius 3 is 2.55 bits per heavy atom. The van der Waals surface area contributed by atoms with Crippen molar-refractivity contribution < 1.29 is 9.53 Å². The van der Waals surface area contributed by atoms with E-state index in [0.29, 0.717) is 30.3 Å². The van der Waals surface area contributed by atoms with Gasteiger partial charge in [-0.1, -0.05) is 18.2 Å². The second-order valence-electron chi connectivity index (χ2n) is 7.88. The highest BCUT2D eigenvalue weighted by Crippen LogP contribution is 2.28. The van der Waals surface area contributed by atoms with Gasteiger partial charge in [0.25, 0.3) is 5.91 Å². The van der Waals surface area contributed by atoms with Gasteiger partial charge in [0.15, 0.2) is 0 Å². The summed E-state index contributed by atoms with van der Waals surface area (Å²) in [5.41, 5.74) is 3.01. The number of piperidine rings is 1. The van der Waals surface area contributed by atoms with Gasteiger partial charge in [-0.3, -0.25) is 14.8 Å². The zero-order valence-corrected chi connectivity index (χ0v) is 17.9. The average Bonchev–Trinajstić information content (AvgIpc) is 2.90. The van der Waals surface area contributed by atoms with Crippen LogP contribution >= 0.6 is 0 Å². The van der Waals surface area contributed by atoms with E-state index in [4.69, 9.17) is 4.74 Å². The molecule has 4 heterocycles. The Morgan fingerprint density at radius 1 is 0.909 bits per heavy atom. The van der Waals surface area contributed by atoms with Crippen molar-refractivity contribution in [2.75, 3.05) is 13.1 Å². The third-order valence-electron chi connectivity index (χ3n) is 5.60. The van der Waals surface area contributed by atoms with Crippen LogP contribution in [0.3, 0.4) is 0 Å². The summed E-state index contributed by atoms with van der Waals surface area (Å²) < 4.78 is 5.84. The molecule has 0 radical (unpaired) electrons. The van der Waals surface area contributed by atoms with E-state index in [1.54, 1.807) is 37.2 Å². The predicted molar refractivity (Wildman–Crippen MR) is 122 cm³/mol. The first-order valence-electron chi connectivity index (χ1n) is 10.8. The van der Waals surface area contributed by atoms with E-state index in [9.17, 15) is 4.79 Å². The Bertz CT molecular complexity index is 1240. The van der Waals surface area contributed by atoms with Crippen molar-refractivity contribution in [2.45, 2.75) is 18.8 Å². The fourth-order valence-corrected chi connectivity index (χ4v) is 3.97. The number of carbonyl (C=O) groups is 1. The highest BCUT2D eigenvalue weighted by molar-refractivity contribution is 5.95. The molecule has 0 unspecified atom stereocenters. The molecule has 1 saturated heterocycles. The molecule has 164 valence electrons. The van der Waals surface area contributed by atoms with Gasteiger partial charge in [0, 0.05) is 61.1 Å². The van der Waals surface area contributed by atoms with Gasteiger partial charge in [0.1, 0.15) is 12.1 Å². The number of carbonyl (C=O) groups excluding carboxylic acids is 1. The number of ether oxygens (including phenoxy) is 1. The zero-order valence-electron chi connectivity index (χ0n) is 17.9. The number of likely N-dealkylation sites (tertiary alicyclic amines) is 1. The van der Waals surface area contributed by atoms with Crippen LogP contribution < -0.4 is 4.74 Å². The molecule has 8 heteroatoms. The molecular formula is C25H22N6O2. The normalized spacial score (nSPS) is 15.8. The SMILES string of the molecule is O=C(c1cncc(-c2cncnc2)c1)N1CCC[C@@H](c2cncc(Oc3ccccc3)n2)C1. The molecule has 1 amide bonds. The quantitative estimate of drug-likeness (QED) is 0.462. The maximum Gasteiger partial charge on any atom is 0.255 e. The summed E-state index contributed by atoms with van der Waals surface area (Å²) in [7, 11) is 0. The summed E-state index contributed by atoms with van der Waals surface area (Å²) >= 11 is 0. The predicted octanol–water partition coefficient (Wildman–Crippen LogP) is 4.14. The van der Waals surface area contributed by atoms with Gasteiger partial charge in [0.05, 0.1) is 17.5 Å². The lowest BCUT2D eigenvalue weighted by molar-refractivity contribution is 0.0705. The number of hydrogen-bond donors (Lipinski definition) is 0. The van der Waals surface area contributed by atoms with Crippen molar-refractivity contribution in [3.8, 4) is 22.8 Å². The van der Waals surface area contributed by atoms with Gasteiger partial charge in [-0.25, -0.2) is 15.0 Å². The van der Waals surface area contributed by atoms with Crippen LogP contribution in [0.4, 0.5) is 0 Å². The van der Waals surface area contributed by atoms with E-state index in [1.807, 2.05) is 41.3 Å². The molecule has 0 N–H and O–H groups in total. The lowest BCUT2D eigenvalue weighted by Gasteiger charge is -2.32. The van der Waals surface area contributed by atoms with Crippen LogP contribution in [0.5, 0.6) is 11.6 Å². The van der Waals surface area contributed by atoms with Crippen molar-refractivity contribution in [1.82, 2.24) is 29.8 Å². The zero-order chi connectivity index (χ0) is 22.5. The number of benzene rings is 1. The maximum atomic E-state index is 13.3. The van der Waals surface area contributed by atoms with E-state index >= 15 is 0 Å². The molecule has 0 bridgehead atoms. The Balaban J connectivity index is 1.31. The third-order valence-corrected chi connectivity index (χ3v) is 5.60. The smallest absolute Gasteiger partial charge is 0.255 e. The standard InChI is InChI=1S/C25H22N6O2/c32-25(20-9-19(10-26-11-20)21-12-28-17-29-13-21)31-8-4-5-18(16-31)23-14-27-15-24(30-23)33-22-6-2-1-3-7-22/h1-3,6-7,9-15,17-18H,4-5,8,16H2/t18-/m1/s1. The average molecular weight is 438 g/mol. The minimum Gasteiger partial charge on any atom is -0.437 e. The number of para-hydroxylation sites is 1. The first-order chi connectivity index (χ1) is 16.3. The molecule has 5 rings (SSSR count). The van der Waals surface area contributed by atoms with E-state index in [-0.39, 0.29) is 11.8 Å². The van der Waals surface area contributed by atoms with Crippen LogP contribution in [0.1, 0.15) is 34.8 Å². The van der Waals surface area contributed by atoms with Crippen molar-refractivity contribution in [1.29, 1.82) is 0 Å². The molecule has 1 aromatic carbocycles. The van der Waals surface area contributed by atoms with Gasteiger partial charge >= 0.3 is 0 Å². The minimum absolute atomic E-state index is 0.0458. The van der Waals surface area contributed by atoms with Crippen molar-refractivity contribution >= 4 is 5.91 Å². The maximum absolute atomic E-state index is 13.3. The molecule has 1 aliphatic rings. The highest BCUT2D eigenvalue weighted by Gasteiger charge is 2.27. The highest BCUT2D eigenvalue weighted by atomic mass is 16.5. The largest absolute Gasteiger partial charge is 0.437 e. The summed E-state index contributed by atoms with van der Waals surface area (Å²) in [6, 6.07) is 11.3. The molecule has 0 saturated carbocycles. The first kappa shape index (κ1) is 20.7. The van der Waals surface area contributed by atoms with Gasteiger partial charge in [-0.05, 0) is 31.0 Å². The van der Waals surface area contributed by atoms with Gasteiger partial charge < -0.3 is 9.64 Å². The Hall–Kier alpha value is -4.20. The Labute approximate surface area is 191 Å². The summed E-state index contributed by atoms with van der Waals surface area (Å²) in [4.78, 5) is 36.5. The molecule has 3 aromatic heterocycles. The van der Waals surface area contributed by atoms with Gasteiger partial charge in [0.2, 0.25) is 5.88 Å². The van der Waals surface area contributed by atoms with Gasteiger partial charge in [-0.15, -0.1) is 0 Å². The van der Waals surface area contributed by atoms with Crippen molar-refractivity contribution in [3.05, 3.63) is 91.2 Å². The number of nitrogens with zero attached hydrogens (tertiary/aromatic N) is 6. The second-order valence-corrected chi connectivity index (χ2v) is 7.88. The van der Waals surface area contributed by atoms with E-state index < -0.39 is 0 Å². The van der Waals surface area contributed by atoms with E-state index in [2.05, 4.69) is 24.9 Å². The van der Waals surface area contributed by atoms with E-state index in [1.165, 1.54) is 6.33 Å². The molecule has 1 fully saturated rings. The van der Waals surface area contributed by atoms with Crippen LogP contribution in [-0.4, -0.2) is 48.8 Å². The van der Waals surface area contributed by atoms with Crippen LogP contribution in [0.15, 0.2) is 79.9 Å². The van der Waals surface area contributed by atoms with Crippen LogP contribution in [0.25, 0.3) is 11.1 Å². The molecule has 4 aromatic rings. The molecule has 1 atom stereocenters. The number of hydrogen-bond acceptors (Lipinski definition) is 7. The topological polar surface area (TPSA) is 94.0 Å². The summed E-state index contributed by atoms with van der Waals surface area (Å²) in [6.07, 6.45) is 13.4. The summed E-state index contributed by atoms with van der Waals surface area (Å²) in [5, 5.41) is 0. The number of pyridine rings is 1. The van der Waals surface area contributed by atoms with Crippen LogP contribution in [-0.2, 0) is 0 Å². The van der Waals surface area contributed by atoms with Crippen LogP contribution in [0, 0.1) is 0 Å². The first-order valence-corrected chi connectivity index (χ1v) is 10.8. The lowest BCUT2D eigenvalue weighted by atomic mass is 9.94. The Morgan fingerprint density at radius 2 is 1.70 bits per heavy atom. The lowest BCUT2D eigenvalue weighted by Crippen LogP contribution is -2.39. The fourth-order valence-electron chi connectivity index (χ4n) is 3.97.